The second-order valence-corrected chi connectivity index (χ2v) is 3.70. The van der Waals surface area contributed by atoms with Crippen LogP contribution < -0.4 is 0 Å². The summed E-state index contributed by atoms with van der Waals surface area (Å²) in [7, 11) is 0. The van der Waals surface area contributed by atoms with Crippen molar-refractivity contribution in [2.24, 2.45) is 0 Å². The third kappa shape index (κ3) is 1.93. The van der Waals surface area contributed by atoms with Crippen molar-refractivity contribution < 1.29 is 25.2 Å². The average molecular weight is 246 g/mol. The molecule has 0 aromatic heterocycles. The number of hydrogen-bond donors (Lipinski definition) is 4. The highest BCUT2D eigenvalue weighted by Gasteiger charge is 2.19. The Labute approximate surface area is 102 Å². The van der Waals surface area contributed by atoms with Gasteiger partial charge < -0.3 is 20.4 Å². The van der Waals surface area contributed by atoms with Crippen LogP contribution in [0.4, 0.5) is 0 Å². The van der Waals surface area contributed by atoms with E-state index in [0.717, 1.165) is 6.07 Å². The van der Waals surface area contributed by atoms with E-state index in [0.29, 0.717) is 0 Å². The minimum Gasteiger partial charge on any atom is -0.508 e. The molecule has 0 aliphatic heterocycles. The molecular formula is C13H10O5. The number of hydrogen-bond acceptors (Lipinski definition) is 5. The maximum absolute atomic E-state index is 12.1. The van der Waals surface area contributed by atoms with Gasteiger partial charge in [0, 0.05) is 0 Å². The Hall–Kier alpha value is -2.69. The lowest BCUT2D eigenvalue weighted by molar-refractivity contribution is 0.103. The molecule has 0 atom stereocenters. The van der Waals surface area contributed by atoms with Gasteiger partial charge in [-0.3, -0.25) is 4.79 Å². The number of benzene rings is 2. The molecule has 92 valence electrons. The molecule has 18 heavy (non-hydrogen) atoms. The molecule has 5 heteroatoms. The number of carbonyl (C=O) groups excluding carboxylic acids is 1. The van der Waals surface area contributed by atoms with E-state index in [-0.39, 0.29) is 22.6 Å². The van der Waals surface area contributed by atoms with Crippen molar-refractivity contribution in [1.82, 2.24) is 0 Å². The van der Waals surface area contributed by atoms with Crippen LogP contribution in [0.15, 0.2) is 36.4 Å². The number of phenolic OH excluding ortho intramolecular Hbond substituents is 4. The Morgan fingerprint density at radius 2 is 1.56 bits per heavy atom. The highest BCUT2D eigenvalue weighted by Crippen LogP contribution is 2.32. The predicted octanol–water partition coefficient (Wildman–Crippen LogP) is 1.74. The Morgan fingerprint density at radius 3 is 2.28 bits per heavy atom. The first-order valence-electron chi connectivity index (χ1n) is 5.08. The Bertz CT molecular complexity index is 615. The lowest BCUT2D eigenvalue weighted by atomic mass is 10.0. The molecule has 0 saturated heterocycles. The van der Waals surface area contributed by atoms with Gasteiger partial charge in [-0.05, 0) is 30.3 Å². The highest BCUT2D eigenvalue weighted by molar-refractivity contribution is 6.12. The monoisotopic (exact) mass is 246 g/mol. The minimum absolute atomic E-state index is 0.157. The van der Waals surface area contributed by atoms with Crippen LogP contribution in [0.5, 0.6) is 23.0 Å². The summed E-state index contributed by atoms with van der Waals surface area (Å²) in [5.41, 5.74) is -0.313. The molecule has 0 bridgehead atoms. The summed E-state index contributed by atoms with van der Waals surface area (Å²) in [6.07, 6.45) is 0. The van der Waals surface area contributed by atoms with Crippen LogP contribution in [-0.2, 0) is 0 Å². The first-order chi connectivity index (χ1) is 8.50. The van der Waals surface area contributed by atoms with Crippen LogP contribution in [0.25, 0.3) is 0 Å². The van der Waals surface area contributed by atoms with Gasteiger partial charge in [-0.25, -0.2) is 0 Å². The lowest BCUT2D eigenvalue weighted by Crippen LogP contribution is -2.02. The topological polar surface area (TPSA) is 98.0 Å². The van der Waals surface area contributed by atoms with E-state index in [1.807, 2.05) is 0 Å². The van der Waals surface area contributed by atoms with Crippen LogP contribution in [0.3, 0.4) is 0 Å². The second-order valence-electron chi connectivity index (χ2n) is 3.70. The zero-order valence-corrected chi connectivity index (χ0v) is 9.16. The molecule has 0 heterocycles. The van der Waals surface area contributed by atoms with E-state index in [1.165, 1.54) is 30.3 Å². The summed E-state index contributed by atoms with van der Waals surface area (Å²) in [6, 6.07) is 7.41. The number of para-hydroxylation sites is 1. The third-order valence-corrected chi connectivity index (χ3v) is 2.48. The van der Waals surface area contributed by atoms with E-state index < -0.39 is 17.3 Å². The summed E-state index contributed by atoms with van der Waals surface area (Å²) < 4.78 is 0. The molecule has 0 spiro atoms. The van der Waals surface area contributed by atoms with Crippen LogP contribution >= 0.6 is 0 Å². The van der Waals surface area contributed by atoms with Gasteiger partial charge in [0.1, 0.15) is 11.5 Å². The Morgan fingerprint density at radius 1 is 0.833 bits per heavy atom. The van der Waals surface area contributed by atoms with Gasteiger partial charge in [0.2, 0.25) is 5.78 Å². The number of phenols is 4. The Balaban J connectivity index is 2.55. The summed E-state index contributed by atoms with van der Waals surface area (Å²) in [6.45, 7) is 0. The third-order valence-electron chi connectivity index (χ3n) is 2.48. The fourth-order valence-electron chi connectivity index (χ4n) is 1.57. The number of rotatable bonds is 2. The van der Waals surface area contributed by atoms with E-state index in [1.54, 1.807) is 0 Å². The minimum atomic E-state index is -0.697. The smallest absolute Gasteiger partial charge is 0.200 e. The summed E-state index contributed by atoms with van der Waals surface area (Å²) in [4.78, 5) is 12.1. The molecule has 2 aromatic carbocycles. The molecule has 4 N–H and O–H groups in total. The van der Waals surface area contributed by atoms with Crippen LogP contribution in [-0.4, -0.2) is 26.2 Å². The molecule has 0 radical (unpaired) electrons. The van der Waals surface area contributed by atoms with Gasteiger partial charge in [0.15, 0.2) is 11.5 Å². The van der Waals surface area contributed by atoms with Crippen molar-refractivity contribution in [3.8, 4) is 23.0 Å². The van der Waals surface area contributed by atoms with Gasteiger partial charge in [0.25, 0.3) is 0 Å². The molecule has 0 saturated carbocycles. The molecular weight excluding hydrogens is 236 g/mol. The van der Waals surface area contributed by atoms with Crippen molar-refractivity contribution in [3.63, 3.8) is 0 Å². The molecule has 2 aromatic rings. The van der Waals surface area contributed by atoms with Crippen LogP contribution in [0.2, 0.25) is 0 Å². The standard InChI is InChI=1S/C13H10O5/c14-7-4-5-10(15)9(6-7)12(17)8-2-1-3-11(16)13(8)18/h1-6,14-16,18H. The van der Waals surface area contributed by atoms with Gasteiger partial charge in [0.05, 0.1) is 11.1 Å². The van der Waals surface area contributed by atoms with Crippen molar-refractivity contribution in [3.05, 3.63) is 47.5 Å². The number of carbonyl (C=O) groups is 1. The quantitative estimate of drug-likeness (QED) is 0.367. The first-order valence-corrected chi connectivity index (χ1v) is 5.08. The van der Waals surface area contributed by atoms with E-state index >= 15 is 0 Å². The molecule has 0 unspecified atom stereocenters. The highest BCUT2D eigenvalue weighted by atomic mass is 16.3. The van der Waals surface area contributed by atoms with E-state index in [9.17, 15) is 25.2 Å². The summed E-state index contributed by atoms with van der Waals surface area (Å²) in [5.74, 6) is -2.20. The van der Waals surface area contributed by atoms with E-state index in [2.05, 4.69) is 0 Å². The van der Waals surface area contributed by atoms with Crippen molar-refractivity contribution in [1.29, 1.82) is 0 Å². The molecule has 0 fully saturated rings. The zero-order chi connectivity index (χ0) is 13.3. The molecule has 2 rings (SSSR count). The van der Waals surface area contributed by atoms with Gasteiger partial charge in [-0.1, -0.05) is 6.07 Å². The normalized spacial score (nSPS) is 10.2. The van der Waals surface area contributed by atoms with Gasteiger partial charge >= 0.3 is 0 Å². The van der Waals surface area contributed by atoms with Crippen LogP contribution in [0.1, 0.15) is 15.9 Å². The fourth-order valence-corrected chi connectivity index (χ4v) is 1.57. The lowest BCUT2D eigenvalue weighted by Gasteiger charge is -2.07. The number of ketones is 1. The zero-order valence-electron chi connectivity index (χ0n) is 9.16. The largest absolute Gasteiger partial charge is 0.508 e. The van der Waals surface area contributed by atoms with Crippen LogP contribution in [0, 0.1) is 0 Å². The molecule has 5 nitrogen and oxygen atoms in total. The maximum Gasteiger partial charge on any atom is 0.200 e. The summed E-state index contributed by atoms with van der Waals surface area (Å²) in [5, 5.41) is 37.7. The Kier molecular flexibility index (Phi) is 2.81. The molecule has 0 aliphatic rings. The van der Waals surface area contributed by atoms with Gasteiger partial charge in [-0.2, -0.15) is 0 Å². The van der Waals surface area contributed by atoms with Crippen molar-refractivity contribution in [2.45, 2.75) is 0 Å². The molecule has 0 amide bonds. The average Bonchev–Trinajstić information content (AvgIpc) is 2.35. The van der Waals surface area contributed by atoms with Crippen molar-refractivity contribution >= 4 is 5.78 Å². The molecule has 0 aliphatic carbocycles. The number of aromatic hydroxyl groups is 4. The van der Waals surface area contributed by atoms with E-state index in [4.69, 9.17) is 0 Å². The fraction of sp³-hybridized carbons (Fsp3) is 0. The SMILES string of the molecule is O=C(c1cc(O)ccc1O)c1cccc(O)c1O. The summed E-state index contributed by atoms with van der Waals surface area (Å²) >= 11 is 0. The second kappa shape index (κ2) is 4.29. The first kappa shape index (κ1) is 11.8. The predicted molar refractivity (Wildman–Crippen MR) is 63.0 cm³/mol. The van der Waals surface area contributed by atoms with Crippen molar-refractivity contribution in [2.75, 3.05) is 0 Å². The van der Waals surface area contributed by atoms with Gasteiger partial charge in [-0.15, -0.1) is 0 Å². The maximum atomic E-state index is 12.1.